The van der Waals surface area contributed by atoms with E-state index >= 15 is 0 Å². The number of rotatable bonds is 0. The highest BCUT2D eigenvalue weighted by Crippen LogP contribution is 2.62. The molecule has 11 aliphatic rings. The summed E-state index contributed by atoms with van der Waals surface area (Å²) in [6, 6.07) is 34.8. The summed E-state index contributed by atoms with van der Waals surface area (Å²) < 4.78 is 10.1. The lowest BCUT2D eigenvalue weighted by molar-refractivity contribution is -0.790. The van der Waals surface area contributed by atoms with Gasteiger partial charge >= 0.3 is 5.91 Å². The van der Waals surface area contributed by atoms with Crippen LogP contribution < -0.4 is 32.2 Å². The highest BCUT2D eigenvalue weighted by molar-refractivity contribution is 8.00. The number of aromatic nitrogens is 2. The highest BCUT2D eigenvalue weighted by Gasteiger charge is 2.71. The van der Waals surface area contributed by atoms with Gasteiger partial charge in [-0.25, -0.2) is 0 Å². The number of amidine groups is 4. The van der Waals surface area contributed by atoms with Gasteiger partial charge in [-0.15, -0.1) is 20.9 Å². The Balaban J connectivity index is 0.998. The van der Waals surface area contributed by atoms with E-state index in [0.29, 0.717) is 0 Å². The summed E-state index contributed by atoms with van der Waals surface area (Å²) in [6.07, 6.45) is 0. The molecule has 0 fully saturated rings. The molecule has 9 aromatic rings. The molecule has 16 heteroatoms. The minimum atomic E-state index is -1.23. The van der Waals surface area contributed by atoms with Crippen molar-refractivity contribution in [2.75, 3.05) is 21.3 Å². The van der Waals surface area contributed by atoms with Gasteiger partial charge in [0.05, 0.1) is 89.2 Å². The summed E-state index contributed by atoms with van der Waals surface area (Å²) in [4.78, 5) is 33.2. The van der Waals surface area contributed by atoms with Crippen LogP contribution in [0, 0.1) is 41.5 Å². The lowest BCUT2D eigenvalue weighted by atomic mass is 9.83. The van der Waals surface area contributed by atoms with Crippen LogP contribution in [0.25, 0.3) is 21.5 Å². The maximum absolute atomic E-state index is 6.18. The summed E-state index contributed by atoms with van der Waals surface area (Å²) >= 11 is 7.52. The number of fused-ring (bicyclic) bond motifs is 20. The normalized spacial score (nSPS) is 21.2. The Labute approximate surface area is 481 Å². The standard InChI is InChI=1S/C65H44N12S4/c1-25-41-45(29(5)53-49(25)66-33-17-9-13-21-37(33)78-53)61-71-58-43-27(3)51-55(80-39-23-15-11-19-35(39)68-51)31(7)47(43)63-73-60-44-28(4)52-56(81-40-24-16-12-20-36(40)69-52)32(8)48(44)64-72-59-42-26(2)50-54(79-38-22-14-10-18-34(38)67-50)30(6)46(42)62-70-57(41)74(61)65(75(59)62,76(58)63)77(60)64/h9-24,49,53,66,68H,1-8H3/p+2. The number of thioether (sulfide) groups is 1. The van der Waals surface area contributed by atoms with Crippen molar-refractivity contribution in [3.8, 4) is 0 Å². The van der Waals surface area contributed by atoms with Crippen molar-refractivity contribution >= 4 is 143 Å². The number of aliphatic imine (C=N–C) groups is 2. The minimum Gasteiger partial charge on any atom is -0.376 e. The molecule has 0 saturated carbocycles. The van der Waals surface area contributed by atoms with E-state index in [1.54, 1.807) is 0 Å². The lowest BCUT2D eigenvalue weighted by Crippen LogP contribution is -2.71. The maximum atomic E-state index is 6.18. The summed E-state index contributed by atoms with van der Waals surface area (Å²) in [5, 5.41) is 20.5. The molecule has 388 valence electrons. The van der Waals surface area contributed by atoms with Gasteiger partial charge in [0, 0.05) is 40.0 Å². The van der Waals surface area contributed by atoms with Gasteiger partial charge in [0.1, 0.15) is 0 Å². The van der Waals surface area contributed by atoms with Crippen LogP contribution in [0.1, 0.15) is 58.4 Å². The van der Waals surface area contributed by atoms with Gasteiger partial charge in [-0.05, 0) is 148 Å². The molecule has 0 radical (unpaired) electrons. The fraction of sp³-hybridized carbons (Fsp3) is 0.169. The number of anilines is 7. The van der Waals surface area contributed by atoms with Gasteiger partial charge in [0.25, 0.3) is 23.3 Å². The predicted octanol–water partition coefficient (Wildman–Crippen LogP) is 14.4. The molecule has 3 atom stereocenters. The maximum Gasteiger partial charge on any atom is 0.404 e. The number of hydrogen-bond donors (Lipinski definition) is 4. The molecule has 20 rings (SSSR count). The molecule has 81 heavy (non-hydrogen) atoms. The van der Waals surface area contributed by atoms with E-state index in [2.05, 4.69) is 192 Å². The van der Waals surface area contributed by atoms with Crippen LogP contribution in [0.5, 0.6) is 0 Å². The van der Waals surface area contributed by atoms with Crippen LogP contribution in [0.2, 0.25) is 0 Å². The summed E-state index contributed by atoms with van der Waals surface area (Å²) in [7, 11) is 0. The Morgan fingerprint density at radius 2 is 0.926 bits per heavy atom. The van der Waals surface area contributed by atoms with Crippen LogP contribution >= 0.6 is 47.0 Å². The summed E-state index contributed by atoms with van der Waals surface area (Å²) in [5.74, 6) is 4.13. The first-order valence-corrected chi connectivity index (χ1v) is 31.0. The number of benzene rings is 7. The largest absolute Gasteiger partial charge is 0.404 e. The Morgan fingerprint density at radius 1 is 0.444 bits per heavy atom. The molecule has 12 heterocycles. The fourth-order valence-corrected chi connectivity index (χ4v) is 20.4. The number of nitrogens with one attached hydrogen (secondary N) is 4. The van der Waals surface area contributed by atoms with Gasteiger partial charge in [-0.1, -0.05) is 104 Å². The molecule has 3 unspecified atom stereocenters. The van der Waals surface area contributed by atoms with E-state index in [4.69, 9.17) is 20.0 Å². The van der Waals surface area contributed by atoms with Crippen molar-refractivity contribution in [2.24, 2.45) is 20.0 Å². The number of para-hydroxylation sites is 4. The first-order valence-electron chi connectivity index (χ1n) is 27.6. The van der Waals surface area contributed by atoms with Crippen LogP contribution in [0.3, 0.4) is 0 Å². The van der Waals surface area contributed by atoms with Crippen LogP contribution in [-0.2, 0) is 5.91 Å². The topological polar surface area (TPSA) is 113 Å². The molecular weight excluding hydrogens is 1080 g/mol. The molecule has 1 aliphatic carbocycles. The zero-order valence-corrected chi connectivity index (χ0v) is 48.4. The molecule has 2 aromatic heterocycles. The van der Waals surface area contributed by atoms with E-state index in [0.717, 1.165) is 141 Å². The van der Waals surface area contributed by atoms with Crippen molar-refractivity contribution in [3.63, 3.8) is 0 Å². The number of nitrogens with zero attached hydrogens (tertiary/aromatic N) is 8. The molecule has 0 bridgehead atoms. The molecule has 7 aromatic carbocycles. The predicted molar refractivity (Wildman–Crippen MR) is 328 cm³/mol. The second-order valence-electron chi connectivity index (χ2n) is 23.0. The molecule has 10 aliphatic heterocycles. The van der Waals surface area contributed by atoms with Crippen LogP contribution in [-0.4, -0.2) is 52.9 Å². The third-order valence-corrected chi connectivity index (χ3v) is 24.5. The monoisotopic (exact) mass is 1120 g/mol. The fourth-order valence-electron chi connectivity index (χ4n) is 15.5. The zero-order chi connectivity index (χ0) is 53.7. The first-order chi connectivity index (χ1) is 39.5. The molecule has 0 amide bonds. The van der Waals surface area contributed by atoms with Gasteiger partial charge in [-0.2, -0.15) is 9.13 Å². The van der Waals surface area contributed by atoms with E-state index < -0.39 is 5.91 Å². The van der Waals surface area contributed by atoms with Crippen molar-refractivity contribution in [1.82, 2.24) is 9.13 Å². The molecule has 1 spiro atoms. The Morgan fingerprint density at radius 3 is 1.56 bits per heavy atom. The number of hydrogen-bond acceptors (Lipinski definition) is 12. The molecule has 4 N–H and O–H groups in total. The van der Waals surface area contributed by atoms with Gasteiger partial charge in [-0.3, -0.25) is 0 Å². The molecular formula is C65H46N12S4+2. The summed E-state index contributed by atoms with van der Waals surface area (Å²) in [5.41, 5.74) is 23.7. The Bertz CT molecular complexity index is 5180. The van der Waals surface area contributed by atoms with Crippen LogP contribution in [0.15, 0.2) is 174 Å². The van der Waals surface area contributed by atoms with E-state index in [1.807, 2.05) is 47.0 Å². The molecule has 12 nitrogen and oxygen atoms in total. The van der Waals surface area contributed by atoms with Gasteiger partial charge < -0.3 is 21.3 Å². The third-order valence-electron chi connectivity index (χ3n) is 19.1. The average molecular weight is 1120 g/mol. The third kappa shape index (κ3) is 4.91. The summed E-state index contributed by atoms with van der Waals surface area (Å²) in [6.45, 7) is 18.5. The SMILES string of the molecule is CC1=C2C(=C(C)C3Sc4ccccc4NC13)C1=Nc3c4c(C)c5c(c(C)c4c4n3C36n7c(c8c(C)c9c(c(C)c8c7=NC2=[N+]13)Sc1ccccc1N9)=NC1=[N+]6C(=N4)c2c(C)c3c(c(C)c21)Sc1ccccc1N3)Sc1ccccc1N5. The van der Waals surface area contributed by atoms with Crippen molar-refractivity contribution in [1.29, 1.82) is 0 Å². The first kappa shape index (κ1) is 44.7. The zero-order valence-electron chi connectivity index (χ0n) is 45.1. The van der Waals surface area contributed by atoms with Crippen molar-refractivity contribution in [3.05, 3.63) is 175 Å². The van der Waals surface area contributed by atoms with Crippen molar-refractivity contribution in [2.45, 2.75) is 107 Å². The van der Waals surface area contributed by atoms with E-state index in [9.17, 15) is 0 Å². The smallest absolute Gasteiger partial charge is 0.376 e. The van der Waals surface area contributed by atoms with Gasteiger partial charge in [0.2, 0.25) is 22.6 Å². The second-order valence-corrected chi connectivity index (χ2v) is 27.4. The minimum absolute atomic E-state index is 0.0253. The van der Waals surface area contributed by atoms with Gasteiger partial charge in [0.15, 0.2) is 0 Å². The Hall–Kier alpha value is -8.02. The lowest BCUT2D eigenvalue weighted by Gasteiger charge is -2.40. The average Bonchev–Trinajstić information content (AvgIpc) is 1.56. The van der Waals surface area contributed by atoms with E-state index in [1.165, 1.54) is 67.8 Å². The molecule has 0 saturated heterocycles. The number of aryl methyl sites for hydroxylation is 4. The second kappa shape index (κ2) is 14.5. The van der Waals surface area contributed by atoms with Crippen LogP contribution in [0.4, 0.5) is 51.4 Å². The highest BCUT2D eigenvalue weighted by atomic mass is 32.2. The van der Waals surface area contributed by atoms with Crippen molar-refractivity contribution < 1.29 is 9.15 Å². The Kier molecular flexibility index (Phi) is 8.02. The quantitative estimate of drug-likeness (QED) is 0.111. The van der Waals surface area contributed by atoms with E-state index in [-0.39, 0.29) is 11.3 Å².